The van der Waals surface area contributed by atoms with Gasteiger partial charge in [-0.25, -0.2) is 0 Å². The molecule has 0 aromatic heterocycles. The zero-order chi connectivity index (χ0) is 40.2. The molecule has 9 nitrogen and oxygen atoms in total. The first kappa shape index (κ1) is 48.8. The molecule has 0 aliphatic heterocycles. The first-order chi connectivity index (χ1) is 24.9. The van der Waals surface area contributed by atoms with Gasteiger partial charge in [-0.15, -0.1) is 46.4 Å². The molecule has 0 fully saturated rings. The predicted octanol–water partition coefficient (Wildman–Crippen LogP) is 7.20. The molecule has 1 radical (unpaired) electrons. The summed E-state index contributed by atoms with van der Waals surface area (Å²) in [6.45, 7) is 18.0. The summed E-state index contributed by atoms with van der Waals surface area (Å²) in [5.74, 6) is 1.54. The van der Waals surface area contributed by atoms with Crippen molar-refractivity contribution >= 4 is 83.3 Å². The summed E-state index contributed by atoms with van der Waals surface area (Å²) in [5.41, 5.74) is 11.7. The maximum Gasteiger partial charge on any atom is 0.307 e. The van der Waals surface area contributed by atoms with Crippen molar-refractivity contribution in [2.75, 3.05) is 59.5 Å². The summed E-state index contributed by atoms with van der Waals surface area (Å²) in [6.07, 6.45) is 2.24. The van der Waals surface area contributed by atoms with Gasteiger partial charge in [-0.05, 0) is 115 Å². The average Bonchev–Trinajstić information content (AvgIpc) is 3.04. The Labute approximate surface area is 339 Å². The highest BCUT2D eigenvalue weighted by Crippen LogP contribution is 2.23. The largest absolute Gasteiger partial charge is 0.460 e. The number of alkyl halides is 4. The van der Waals surface area contributed by atoms with E-state index < -0.39 is 11.2 Å². The molecule has 14 heteroatoms. The summed E-state index contributed by atoms with van der Waals surface area (Å²) in [7, 11) is 1.32. The highest BCUT2D eigenvalue weighted by molar-refractivity contribution is 6.64. The highest BCUT2D eigenvalue weighted by Gasteiger charge is 2.22. The van der Waals surface area contributed by atoms with E-state index in [1.54, 1.807) is 0 Å². The van der Waals surface area contributed by atoms with Crippen LogP contribution >= 0.6 is 46.4 Å². The smallest absolute Gasteiger partial charge is 0.307 e. The zero-order valence-electron chi connectivity index (χ0n) is 32.8. The number of ether oxygens (including phenoxy) is 2. The summed E-state index contributed by atoms with van der Waals surface area (Å²) in [6, 6.07) is 11.9. The molecule has 3 N–H and O–H groups in total. The molecule has 2 aromatic rings. The molecule has 0 bridgehead atoms. The first-order valence-electron chi connectivity index (χ1n) is 18.0. The number of hydrogen-bond acceptors (Lipinski definition) is 9. The normalized spacial score (nSPS) is 12.5. The second-order valence-electron chi connectivity index (χ2n) is 14.9. The van der Waals surface area contributed by atoms with Crippen LogP contribution in [0.25, 0.3) is 0 Å². The Kier molecular flexibility index (Phi) is 23.1. The molecule has 0 aliphatic carbocycles. The van der Waals surface area contributed by atoms with Crippen molar-refractivity contribution in [1.82, 2.24) is 5.23 Å². The lowest BCUT2D eigenvalue weighted by Gasteiger charge is -2.26. The van der Waals surface area contributed by atoms with E-state index in [4.69, 9.17) is 61.6 Å². The summed E-state index contributed by atoms with van der Waals surface area (Å²) in [5, 5.41) is 3.01. The molecule has 2 aromatic carbocycles. The van der Waals surface area contributed by atoms with Gasteiger partial charge in [-0.3, -0.25) is 9.59 Å². The van der Waals surface area contributed by atoms with Gasteiger partial charge in [0.2, 0.25) is 0 Å². The van der Waals surface area contributed by atoms with E-state index in [0.29, 0.717) is 55.6 Å². The van der Waals surface area contributed by atoms with Gasteiger partial charge in [0.15, 0.2) is 0 Å². The third kappa shape index (κ3) is 20.9. The fraction of sp³-hybridized carbons (Fsp3) is 0.615. The van der Waals surface area contributed by atoms with Gasteiger partial charge in [0.05, 0.1) is 19.0 Å². The van der Waals surface area contributed by atoms with Crippen LogP contribution in [0.2, 0.25) is 0 Å². The lowest BCUT2D eigenvalue weighted by molar-refractivity contribution is -0.156. The lowest BCUT2D eigenvalue weighted by atomic mass is 9.91. The van der Waals surface area contributed by atoms with Gasteiger partial charge >= 0.3 is 11.9 Å². The third-order valence-corrected chi connectivity index (χ3v) is 8.52. The maximum absolute atomic E-state index is 12.3. The van der Waals surface area contributed by atoms with Gasteiger partial charge in [-0.1, -0.05) is 12.1 Å². The van der Waals surface area contributed by atoms with Crippen molar-refractivity contribution in [3.05, 3.63) is 58.7 Å². The fourth-order valence-electron chi connectivity index (χ4n) is 5.46. The van der Waals surface area contributed by atoms with E-state index in [-0.39, 0.29) is 36.9 Å². The van der Waals surface area contributed by atoms with Crippen LogP contribution < -0.4 is 20.8 Å². The molecule has 0 amide bonds. The quantitative estimate of drug-likeness (QED) is 0.0585. The SMILES string of the molecule is Cc1ccc(N(CCCl)CCCl)cc1C[C@@H](CC(=O)OC(C)(C)C)N[B]C=O.Cc1ccc(N(CCCl)CCCl)cc1C[C@H](N)CC(=O)OC(C)(C)C. The van der Waals surface area contributed by atoms with E-state index in [2.05, 4.69) is 39.3 Å². The van der Waals surface area contributed by atoms with Gasteiger partial charge in [-0.2, -0.15) is 0 Å². The van der Waals surface area contributed by atoms with Crippen LogP contribution in [0.4, 0.5) is 11.4 Å². The summed E-state index contributed by atoms with van der Waals surface area (Å²) in [4.78, 5) is 39.3. The van der Waals surface area contributed by atoms with E-state index in [9.17, 15) is 14.4 Å². The van der Waals surface area contributed by atoms with Crippen LogP contribution in [0, 0.1) is 13.8 Å². The second-order valence-corrected chi connectivity index (χ2v) is 16.4. The van der Waals surface area contributed by atoms with E-state index in [1.807, 2.05) is 67.5 Å². The molecular weight excluding hydrogens is 757 g/mol. The lowest BCUT2D eigenvalue weighted by Crippen LogP contribution is -2.38. The predicted molar refractivity (Wildman–Crippen MR) is 225 cm³/mol. The minimum atomic E-state index is -0.546. The average molecular weight is 818 g/mol. The number of aryl methyl sites for hydroxylation is 2. The minimum absolute atomic E-state index is 0.165. The van der Waals surface area contributed by atoms with Crippen LogP contribution in [-0.2, 0) is 36.7 Å². The van der Waals surface area contributed by atoms with Gasteiger partial charge in [0.1, 0.15) is 11.2 Å². The zero-order valence-corrected chi connectivity index (χ0v) is 35.8. The van der Waals surface area contributed by atoms with Crippen LogP contribution in [0.3, 0.4) is 0 Å². The Hall–Kier alpha value is -2.21. The Morgan fingerprint density at radius 2 is 1.13 bits per heavy atom. The number of carbonyl (C=O) groups excluding carboxylic acids is 3. The Bertz CT molecular complexity index is 1390. The van der Waals surface area contributed by atoms with Crippen molar-refractivity contribution in [3.8, 4) is 0 Å². The fourth-order valence-corrected chi connectivity index (χ4v) is 6.28. The number of nitrogens with two attached hydrogens (primary N) is 1. The Morgan fingerprint density at radius 1 is 0.736 bits per heavy atom. The monoisotopic (exact) mass is 815 g/mol. The molecule has 0 unspecified atom stereocenters. The van der Waals surface area contributed by atoms with Crippen molar-refractivity contribution in [2.24, 2.45) is 5.73 Å². The van der Waals surface area contributed by atoms with Crippen LogP contribution in [0.5, 0.6) is 0 Å². The number of carbonyl (C=O) groups is 3. The van der Waals surface area contributed by atoms with Crippen molar-refractivity contribution in [2.45, 2.75) is 104 Å². The second kappa shape index (κ2) is 25.1. The minimum Gasteiger partial charge on any atom is -0.460 e. The summed E-state index contributed by atoms with van der Waals surface area (Å²) >= 11 is 23.6. The Balaban J connectivity index is 0.000000533. The molecule has 0 heterocycles. The van der Waals surface area contributed by atoms with E-state index >= 15 is 0 Å². The number of benzene rings is 2. The number of halogens is 4. The molecule has 297 valence electrons. The number of nitrogens with zero attached hydrogens (tertiary/aromatic N) is 2. The number of hydrogen-bond donors (Lipinski definition) is 2. The van der Waals surface area contributed by atoms with Crippen molar-refractivity contribution in [3.63, 3.8) is 0 Å². The molecule has 2 rings (SSSR count). The van der Waals surface area contributed by atoms with Gasteiger partial charge < -0.3 is 35.0 Å². The van der Waals surface area contributed by atoms with Crippen LogP contribution in [-0.4, -0.2) is 98.5 Å². The number of anilines is 2. The molecule has 53 heavy (non-hydrogen) atoms. The molecule has 2 atom stereocenters. The van der Waals surface area contributed by atoms with Crippen molar-refractivity contribution < 1.29 is 23.9 Å². The molecule has 0 spiro atoms. The van der Waals surface area contributed by atoms with E-state index in [1.165, 1.54) is 7.41 Å². The molecular formula is C39H60BCl4N4O5. The Morgan fingerprint density at radius 3 is 1.51 bits per heavy atom. The maximum atomic E-state index is 12.3. The molecule has 0 saturated heterocycles. The van der Waals surface area contributed by atoms with Gasteiger partial charge in [0, 0.05) is 73.2 Å². The van der Waals surface area contributed by atoms with Crippen LogP contribution in [0.1, 0.15) is 76.6 Å². The first-order valence-corrected chi connectivity index (χ1v) is 20.1. The van der Waals surface area contributed by atoms with Gasteiger partial charge in [0.25, 0.3) is 7.41 Å². The number of esters is 2. The topological polar surface area (TPSA) is 114 Å². The van der Waals surface area contributed by atoms with Crippen LogP contribution in [0.15, 0.2) is 36.4 Å². The molecule has 0 saturated carbocycles. The highest BCUT2D eigenvalue weighted by atomic mass is 35.5. The number of rotatable bonds is 21. The third-order valence-electron chi connectivity index (χ3n) is 7.84. The molecule has 0 aliphatic rings. The number of nitrogens with one attached hydrogen (secondary N) is 1. The van der Waals surface area contributed by atoms with E-state index in [0.717, 1.165) is 46.7 Å². The van der Waals surface area contributed by atoms with Crippen molar-refractivity contribution in [1.29, 1.82) is 0 Å². The standard InChI is InChI=1S/C20H30BCl2N2O3.C19H30Cl2N2O2/c1-15-5-6-18(25(9-7-22)10-8-23)12-16(15)11-17(24-21-14-26)13-19(27)28-20(2,3)4;1-14-5-6-17(23(9-7-20)10-8-21)12-15(14)11-16(22)13-18(24)25-19(2,3)4/h5-6,12,14,17,24H,7-11,13H2,1-4H3;5-6,12,16H,7-11,13,22H2,1-4H3/t17-;16-/m00/s1. The summed E-state index contributed by atoms with van der Waals surface area (Å²) < 4.78 is 10.8.